The van der Waals surface area contributed by atoms with Crippen LogP contribution in [0.25, 0.3) is 0 Å². The van der Waals surface area contributed by atoms with Crippen LogP contribution in [0.5, 0.6) is 0 Å². The first-order chi connectivity index (χ1) is 7.56. The number of hydrogen-bond donors (Lipinski definition) is 0. The fourth-order valence-corrected chi connectivity index (χ4v) is 2.18. The van der Waals surface area contributed by atoms with Crippen LogP contribution in [0.2, 0.25) is 0 Å². The Balaban J connectivity index is 0.000000606. The molecule has 1 aromatic heterocycles. The first-order valence-corrected chi connectivity index (χ1v) is 5.76. The van der Waals surface area contributed by atoms with Gasteiger partial charge in [0.25, 0.3) is 0 Å². The van der Waals surface area contributed by atoms with Crippen LogP contribution < -0.4 is 0 Å². The van der Waals surface area contributed by atoms with Gasteiger partial charge in [-0.05, 0) is 32.4 Å². The van der Waals surface area contributed by atoms with E-state index < -0.39 is 18.4 Å². The van der Waals surface area contributed by atoms with Crippen molar-refractivity contribution in [2.45, 2.75) is 46.3 Å². The van der Waals surface area contributed by atoms with Crippen molar-refractivity contribution in [2.75, 3.05) is 6.67 Å². The number of aryl methyl sites for hydroxylation is 1. The zero-order valence-electron chi connectivity index (χ0n) is 10.7. The van der Waals surface area contributed by atoms with Gasteiger partial charge in [0.15, 0.2) is 0 Å². The monoisotopic (exact) mass is 225 g/mol. The van der Waals surface area contributed by atoms with E-state index in [0.717, 1.165) is 16.8 Å². The van der Waals surface area contributed by atoms with Crippen molar-refractivity contribution in [2.24, 2.45) is 0 Å². The van der Waals surface area contributed by atoms with E-state index in [0.29, 0.717) is 0 Å². The van der Waals surface area contributed by atoms with E-state index in [2.05, 4.69) is 4.98 Å². The first kappa shape index (κ1) is 13.1. The number of rotatable bonds is 1. The molecule has 0 aliphatic carbocycles. The molecule has 0 bridgehead atoms. The zero-order valence-corrected chi connectivity index (χ0v) is 10.7. The largest absolute Gasteiger partial charge is 0.359 e. The molecule has 90 valence electrons. The Morgan fingerprint density at radius 1 is 1.44 bits per heavy atom. The molecule has 0 saturated carbocycles. The molecular formula is C13H20FNO. The Bertz CT molecular complexity index is 363. The van der Waals surface area contributed by atoms with Gasteiger partial charge in [0.1, 0.15) is 12.8 Å². The lowest BCUT2D eigenvalue weighted by atomic mass is 9.94. The highest BCUT2D eigenvalue weighted by atomic mass is 19.1. The van der Waals surface area contributed by atoms with Crippen molar-refractivity contribution >= 4 is 0 Å². The quantitative estimate of drug-likeness (QED) is 0.727. The van der Waals surface area contributed by atoms with Crippen LogP contribution in [0, 0.1) is 6.92 Å². The molecule has 0 fully saturated rings. The van der Waals surface area contributed by atoms with Gasteiger partial charge in [-0.1, -0.05) is 13.8 Å². The molecule has 2 heterocycles. The van der Waals surface area contributed by atoms with E-state index in [1.165, 1.54) is 0 Å². The Labute approximate surface area is 96.8 Å². The van der Waals surface area contributed by atoms with Gasteiger partial charge in [-0.2, -0.15) is 0 Å². The molecular weight excluding hydrogens is 205 g/mol. The summed E-state index contributed by atoms with van der Waals surface area (Å²) < 4.78 is 18.3. The maximum atomic E-state index is 12.7. The standard InChI is InChI=1S/C11H14FNO.C2H6/c1-7-4-5-13-10-8(6-12)14-11(2,3)9(7)10;1-2/h4-5,8H,6H2,1-3H3;1-2H3. The number of aromatic nitrogens is 1. The second kappa shape index (κ2) is 4.91. The zero-order chi connectivity index (χ0) is 12.3. The normalized spacial score (nSPS) is 21.0. The molecule has 16 heavy (non-hydrogen) atoms. The molecule has 2 rings (SSSR count). The lowest BCUT2D eigenvalue weighted by Gasteiger charge is -2.20. The molecule has 1 aliphatic rings. The Morgan fingerprint density at radius 2 is 2.06 bits per heavy atom. The molecule has 0 N–H and O–H groups in total. The van der Waals surface area contributed by atoms with Crippen molar-refractivity contribution in [3.63, 3.8) is 0 Å². The molecule has 1 aliphatic heterocycles. The third-order valence-electron chi connectivity index (χ3n) is 2.67. The van der Waals surface area contributed by atoms with Crippen LogP contribution in [-0.2, 0) is 10.3 Å². The summed E-state index contributed by atoms with van der Waals surface area (Å²) in [5.74, 6) is 0. The molecule has 0 saturated heterocycles. The van der Waals surface area contributed by atoms with Gasteiger partial charge in [-0.3, -0.25) is 4.98 Å². The van der Waals surface area contributed by atoms with E-state index in [1.54, 1.807) is 6.20 Å². The van der Waals surface area contributed by atoms with Crippen LogP contribution in [-0.4, -0.2) is 11.7 Å². The number of ether oxygens (including phenoxy) is 1. The first-order valence-electron chi connectivity index (χ1n) is 5.76. The molecule has 0 aromatic carbocycles. The van der Waals surface area contributed by atoms with Gasteiger partial charge in [0.05, 0.1) is 11.3 Å². The summed E-state index contributed by atoms with van der Waals surface area (Å²) in [4.78, 5) is 4.20. The summed E-state index contributed by atoms with van der Waals surface area (Å²) in [5, 5.41) is 0. The summed E-state index contributed by atoms with van der Waals surface area (Å²) in [6.07, 6.45) is 1.22. The Morgan fingerprint density at radius 3 is 2.62 bits per heavy atom. The summed E-state index contributed by atoms with van der Waals surface area (Å²) in [6, 6.07) is 1.94. The number of fused-ring (bicyclic) bond motifs is 1. The minimum absolute atomic E-state index is 0.412. The summed E-state index contributed by atoms with van der Waals surface area (Å²) in [6.45, 7) is 9.41. The highest BCUT2D eigenvalue weighted by molar-refractivity contribution is 5.38. The van der Waals surface area contributed by atoms with Gasteiger partial charge in [0, 0.05) is 11.8 Å². The number of pyridine rings is 1. The van der Waals surface area contributed by atoms with Crippen LogP contribution in [0.15, 0.2) is 12.3 Å². The predicted octanol–water partition coefficient (Wildman–Crippen LogP) is 3.69. The number of hydrogen-bond acceptors (Lipinski definition) is 2. The fourth-order valence-electron chi connectivity index (χ4n) is 2.18. The lowest BCUT2D eigenvalue weighted by molar-refractivity contribution is -0.0615. The van der Waals surface area contributed by atoms with Crippen molar-refractivity contribution < 1.29 is 9.13 Å². The molecule has 1 aromatic rings. The molecule has 0 radical (unpaired) electrons. The SMILES string of the molecule is CC.Cc1ccnc2c1C(C)(C)OC2CF. The van der Waals surface area contributed by atoms with Crippen LogP contribution >= 0.6 is 0 Å². The van der Waals surface area contributed by atoms with E-state index in [4.69, 9.17) is 4.74 Å². The summed E-state index contributed by atoms with van der Waals surface area (Å²) >= 11 is 0. The maximum absolute atomic E-state index is 12.7. The minimum Gasteiger partial charge on any atom is -0.359 e. The van der Waals surface area contributed by atoms with Gasteiger partial charge >= 0.3 is 0 Å². The van der Waals surface area contributed by atoms with Gasteiger partial charge in [0.2, 0.25) is 0 Å². The average molecular weight is 225 g/mol. The highest BCUT2D eigenvalue weighted by Gasteiger charge is 2.39. The van der Waals surface area contributed by atoms with Gasteiger partial charge in [-0.25, -0.2) is 4.39 Å². The fraction of sp³-hybridized carbons (Fsp3) is 0.615. The number of nitrogens with zero attached hydrogens (tertiary/aromatic N) is 1. The third kappa shape index (κ3) is 2.09. The predicted molar refractivity (Wildman–Crippen MR) is 63.1 cm³/mol. The Hall–Kier alpha value is -0.960. The summed E-state index contributed by atoms with van der Waals surface area (Å²) in [7, 11) is 0. The van der Waals surface area contributed by atoms with E-state index in [-0.39, 0.29) is 0 Å². The molecule has 0 spiro atoms. The van der Waals surface area contributed by atoms with Crippen molar-refractivity contribution in [3.05, 3.63) is 29.1 Å². The van der Waals surface area contributed by atoms with Gasteiger partial charge in [-0.15, -0.1) is 0 Å². The van der Waals surface area contributed by atoms with Crippen LogP contribution in [0.4, 0.5) is 4.39 Å². The molecule has 0 amide bonds. The van der Waals surface area contributed by atoms with Gasteiger partial charge < -0.3 is 4.74 Å². The lowest BCUT2D eigenvalue weighted by Crippen LogP contribution is -2.17. The second-order valence-corrected chi connectivity index (χ2v) is 4.16. The van der Waals surface area contributed by atoms with E-state index >= 15 is 0 Å². The average Bonchev–Trinajstić information content (AvgIpc) is 2.54. The molecule has 3 heteroatoms. The van der Waals surface area contributed by atoms with Crippen molar-refractivity contribution in [3.8, 4) is 0 Å². The smallest absolute Gasteiger partial charge is 0.129 e. The molecule has 1 atom stereocenters. The number of halogens is 1. The van der Waals surface area contributed by atoms with E-state index in [9.17, 15) is 4.39 Å². The third-order valence-corrected chi connectivity index (χ3v) is 2.67. The number of alkyl halides is 1. The van der Waals surface area contributed by atoms with E-state index in [1.807, 2.05) is 40.7 Å². The van der Waals surface area contributed by atoms with Crippen molar-refractivity contribution in [1.82, 2.24) is 4.98 Å². The summed E-state index contributed by atoms with van der Waals surface area (Å²) in [5.41, 5.74) is 2.51. The topological polar surface area (TPSA) is 22.1 Å². The second-order valence-electron chi connectivity index (χ2n) is 4.16. The molecule has 2 nitrogen and oxygen atoms in total. The Kier molecular flexibility index (Phi) is 4.03. The van der Waals surface area contributed by atoms with Crippen LogP contribution in [0.3, 0.4) is 0 Å². The highest BCUT2D eigenvalue weighted by Crippen LogP contribution is 2.43. The minimum atomic E-state index is -0.507. The van der Waals surface area contributed by atoms with Crippen molar-refractivity contribution in [1.29, 1.82) is 0 Å². The van der Waals surface area contributed by atoms with Crippen LogP contribution in [0.1, 0.15) is 50.6 Å². The maximum Gasteiger partial charge on any atom is 0.129 e. The molecule has 1 unspecified atom stereocenters.